The number of nitrogens with zero attached hydrogens (tertiary/aromatic N) is 4. The van der Waals surface area contributed by atoms with Crippen LogP contribution in [0.3, 0.4) is 0 Å². The van der Waals surface area contributed by atoms with Crippen LogP contribution in [0, 0.1) is 0 Å². The summed E-state index contributed by atoms with van der Waals surface area (Å²) in [6.07, 6.45) is 2.80. The molecule has 0 bridgehead atoms. The number of benzene rings is 2. The van der Waals surface area contributed by atoms with Gasteiger partial charge in [0.05, 0.1) is 0 Å². The summed E-state index contributed by atoms with van der Waals surface area (Å²) in [6.45, 7) is 2.95. The summed E-state index contributed by atoms with van der Waals surface area (Å²) < 4.78 is 1.98. The largest absolute Gasteiger partial charge is 0.368 e. The molecule has 2 aromatic carbocycles. The topological polar surface area (TPSA) is 67.7 Å². The van der Waals surface area contributed by atoms with Crippen LogP contribution < -0.4 is 10.6 Å². The van der Waals surface area contributed by atoms with E-state index in [0.29, 0.717) is 5.95 Å². The number of nitrogens with one attached hydrogen (secondary N) is 2. The first-order valence-electron chi connectivity index (χ1n) is 8.71. The third kappa shape index (κ3) is 3.21. The van der Waals surface area contributed by atoms with Crippen LogP contribution in [0.2, 0.25) is 0 Å². The summed E-state index contributed by atoms with van der Waals surface area (Å²) in [6, 6.07) is 20.0. The maximum Gasteiger partial charge on any atom is 0.231 e. The number of hydrogen-bond acceptors (Lipinski definition) is 5. The number of fused-ring (bicyclic) bond motifs is 1. The summed E-state index contributed by atoms with van der Waals surface area (Å²) in [5.41, 5.74) is 3.49. The predicted molar refractivity (Wildman–Crippen MR) is 105 cm³/mol. The van der Waals surface area contributed by atoms with Crippen molar-refractivity contribution in [2.45, 2.75) is 13.3 Å². The molecular formula is C20H20N6. The number of aromatic nitrogens is 4. The second-order valence-corrected chi connectivity index (χ2v) is 5.94. The molecule has 0 amide bonds. The molecule has 4 rings (SSSR count). The lowest BCUT2D eigenvalue weighted by atomic mass is 10.3. The number of anilines is 3. The maximum absolute atomic E-state index is 4.71. The molecule has 4 aromatic rings. The van der Waals surface area contributed by atoms with Gasteiger partial charge in [-0.1, -0.05) is 43.3 Å². The van der Waals surface area contributed by atoms with Gasteiger partial charge in [-0.3, -0.25) is 4.57 Å². The summed E-state index contributed by atoms with van der Waals surface area (Å²) in [5.74, 6) is 1.28. The van der Waals surface area contributed by atoms with Gasteiger partial charge >= 0.3 is 0 Å². The van der Waals surface area contributed by atoms with Crippen molar-refractivity contribution in [3.63, 3.8) is 0 Å². The lowest BCUT2D eigenvalue weighted by Gasteiger charge is -2.10. The fourth-order valence-corrected chi connectivity index (χ4v) is 2.75. The number of para-hydroxylation sites is 2. The normalized spacial score (nSPS) is 10.8. The van der Waals surface area contributed by atoms with Crippen LogP contribution in [-0.2, 0) is 0 Å². The van der Waals surface area contributed by atoms with E-state index >= 15 is 0 Å². The number of imidazole rings is 1. The van der Waals surface area contributed by atoms with Gasteiger partial charge in [-0.25, -0.2) is 4.98 Å². The highest BCUT2D eigenvalue weighted by atomic mass is 15.2. The van der Waals surface area contributed by atoms with Crippen molar-refractivity contribution in [1.82, 2.24) is 19.5 Å². The van der Waals surface area contributed by atoms with Crippen LogP contribution in [0.1, 0.15) is 13.3 Å². The Hall–Kier alpha value is -3.41. The highest BCUT2D eigenvalue weighted by molar-refractivity contribution is 5.85. The van der Waals surface area contributed by atoms with E-state index in [1.165, 1.54) is 0 Å². The fourth-order valence-electron chi connectivity index (χ4n) is 2.75. The zero-order valence-electron chi connectivity index (χ0n) is 14.6. The van der Waals surface area contributed by atoms with Crippen molar-refractivity contribution in [3.8, 4) is 5.69 Å². The first-order valence-corrected chi connectivity index (χ1v) is 8.71. The molecule has 0 saturated carbocycles. The molecule has 130 valence electrons. The van der Waals surface area contributed by atoms with Crippen LogP contribution in [0.25, 0.3) is 16.9 Å². The molecule has 0 spiro atoms. The second-order valence-electron chi connectivity index (χ2n) is 5.94. The lowest BCUT2D eigenvalue weighted by Crippen LogP contribution is -2.07. The van der Waals surface area contributed by atoms with Gasteiger partial charge in [-0.05, 0) is 30.7 Å². The summed E-state index contributed by atoms with van der Waals surface area (Å²) >= 11 is 0. The first kappa shape index (κ1) is 16.1. The summed E-state index contributed by atoms with van der Waals surface area (Å²) in [4.78, 5) is 13.9. The molecule has 2 aromatic heterocycles. The van der Waals surface area contributed by atoms with Crippen molar-refractivity contribution in [1.29, 1.82) is 0 Å². The van der Waals surface area contributed by atoms with Crippen LogP contribution in [0.4, 0.5) is 17.5 Å². The zero-order valence-corrected chi connectivity index (χ0v) is 14.6. The first-order chi connectivity index (χ1) is 12.8. The number of hydrogen-bond donors (Lipinski definition) is 2. The van der Waals surface area contributed by atoms with E-state index in [4.69, 9.17) is 4.98 Å². The number of rotatable bonds is 6. The van der Waals surface area contributed by atoms with Gasteiger partial charge in [0.2, 0.25) is 5.95 Å². The Labute approximate surface area is 151 Å². The van der Waals surface area contributed by atoms with E-state index in [1.807, 2.05) is 65.2 Å². The minimum atomic E-state index is 0.542. The zero-order chi connectivity index (χ0) is 17.8. The van der Waals surface area contributed by atoms with Crippen LogP contribution in [-0.4, -0.2) is 26.1 Å². The Morgan fingerprint density at radius 2 is 1.65 bits per heavy atom. The van der Waals surface area contributed by atoms with Crippen LogP contribution >= 0.6 is 0 Å². The molecule has 0 saturated heterocycles. The highest BCUT2D eigenvalue weighted by Gasteiger charge is 2.14. The van der Waals surface area contributed by atoms with Crippen molar-refractivity contribution in [2.75, 3.05) is 17.2 Å². The Morgan fingerprint density at radius 1 is 0.923 bits per heavy atom. The minimum Gasteiger partial charge on any atom is -0.368 e. The smallest absolute Gasteiger partial charge is 0.231 e. The Bertz CT molecular complexity index is 995. The SMILES string of the molecule is CCCNc1nc(Nc2ccccc2)nc2c1ncn2-c1ccccc1. The molecule has 2 N–H and O–H groups in total. The van der Waals surface area contributed by atoms with E-state index in [2.05, 4.69) is 27.5 Å². The molecule has 0 atom stereocenters. The summed E-state index contributed by atoms with van der Waals surface area (Å²) in [5, 5.41) is 6.64. The van der Waals surface area contributed by atoms with Crippen molar-refractivity contribution in [2.24, 2.45) is 0 Å². The third-order valence-electron chi connectivity index (χ3n) is 4.00. The van der Waals surface area contributed by atoms with E-state index in [9.17, 15) is 0 Å². The monoisotopic (exact) mass is 344 g/mol. The maximum atomic E-state index is 4.71. The molecule has 0 unspecified atom stereocenters. The van der Waals surface area contributed by atoms with Crippen molar-refractivity contribution >= 4 is 28.6 Å². The molecule has 0 aliphatic carbocycles. The average Bonchev–Trinajstić information content (AvgIpc) is 3.12. The molecule has 0 fully saturated rings. The molecule has 6 nitrogen and oxygen atoms in total. The van der Waals surface area contributed by atoms with E-state index < -0.39 is 0 Å². The average molecular weight is 344 g/mol. The molecule has 0 aliphatic rings. The molecule has 0 aliphatic heterocycles. The quantitative estimate of drug-likeness (QED) is 0.543. The van der Waals surface area contributed by atoms with Gasteiger partial charge in [0.15, 0.2) is 17.0 Å². The van der Waals surface area contributed by atoms with Gasteiger partial charge in [-0.2, -0.15) is 9.97 Å². The van der Waals surface area contributed by atoms with E-state index in [1.54, 1.807) is 6.33 Å². The standard InChI is InChI=1S/C20H20N6/c1-2-13-21-18-17-19(26(14-22-17)16-11-7-4-8-12-16)25-20(24-18)23-15-9-5-3-6-10-15/h3-12,14H,2,13H2,1H3,(H2,21,23,24,25). The van der Waals surface area contributed by atoms with Crippen molar-refractivity contribution < 1.29 is 0 Å². The Morgan fingerprint density at radius 3 is 2.38 bits per heavy atom. The van der Waals surface area contributed by atoms with Gasteiger partial charge in [-0.15, -0.1) is 0 Å². The summed E-state index contributed by atoms with van der Waals surface area (Å²) in [7, 11) is 0. The third-order valence-corrected chi connectivity index (χ3v) is 4.00. The van der Waals surface area contributed by atoms with Crippen LogP contribution in [0.5, 0.6) is 0 Å². The van der Waals surface area contributed by atoms with E-state index in [-0.39, 0.29) is 0 Å². The molecule has 6 heteroatoms. The Balaban J connectivity index is 1.82. The minimum absolute atomic E-state index is 0.542. The van der Waals surface area contributed by atoms with Crippen LogP contribution in [0.15, 0.2) is 67.0 Å². The fraction of sp³-hybridized carbons (Fsp3) is 0.150. The van der Waals surface area contributed by atoms with Gasteiger partial charge < -0.3 is 10.6 Å². The molecule has 2 heterocycles. The predicted octanol–water partition coefficient (Wildman–Crippen LogP) is 4.38. The molecule has 0 radical (unpaired) electrons. The molecule has 26 heavy (non-hydrogen) atoms. The highest BCUT2D eigenvalue weighted by Crippen LogP contribution is 2.24. The van der Waals surface area contributed by atoms with Gasteiger partial charge in [0, 0.05) is 17.9 Å². The van der Waals surface area contributed by atoms with Crippen molar-refractivity contribution in [3.05, 3.63) is 67.0 Å². The lowest BCUT2D eigenvalue weighted by molar-refractivity contribution is 0.968. The van der Waals surface area contributed by atoms with Gasteiger partial charge in [0.1, 0.15) is 6.33 Å². The second kappa shape index (κ2) is 7.23. The molecular weight excluding hydrogens is 324 g/mol. The van der Waals surface area contributed by atoms with Gasteiger partial charge in [0.25, 0.3) is 0 Å². The van der Waals surface area contributed by atoms with E-state index in [0.717, 1.165) is 41.3 Å². The Kier molecular flexibility index (Phi) is 4.47.